The molecule has 0 aliphatic rings. The third-order valence-corrected chi connectivity index (χ3v) is 3.16. The van der Waals surface area contributed by atoms with E-state index in [1.54, 1.807) is 0 Å². The zero-order valence-electron chi connectivity index (χ0n) is 25.4. The van der Waals surface area contributed by atoms with Gasteiger partial charge in [0.1, 0.15) is 0 Å². The second kappa shape index (κ2) is 21.5. The Kier molecular flexibility index (Phi) is 21.1. The van der Waals surface area contributed by atoms with Gasteiger partial charge in [-0.05, 0) is 40.5 Å². The van der Waals surface area contributed by atoms with Gasteiger partial charge in [-0.2, -0.15) is 0 Å². The average Bonchev–Trinajstić information content (AvgIpc) is 2.78. The number of hydrogen-bond acceptors (Lipinski definition) is 0. The molecule has 0 atom stereocenters. The third-order valence-electron chi connectivity index (χ3n) is 3.16. The van der Waals surface area contributed by atoms with E-state index < -0.39 is 0 Å². The first-order chi connectivity index (χ1) is 16.7. The minimum absolute atomic E-state index is 0.454. The van der Waals surface area contributed by atoms with Crippen molar-refractivity contribution in [3.63, 3.8) is 0 Å². The molecule has 0 radical (unpaired) electrons. The SMILES string of the molecule is CC(C)(C)C.CC(C)C.CC(C)C.CC(C)C#Cc1ccccc1.c1ccc(-c2ccccc2)cc1. The Hall–Kier alpha value is -2.78. The zero-order chi connectivity index (χ0) is 28.0. The molecule has 198 valence electrons. The predicted octanol–water partition coefficient (Wildman–Crippen LogP) is 11.4. The molecule has 0 unspecified atom stereocenters. The summed E-state index contributed by atoms with van der Waals surface area (Å²) in [5, 5.41) is 0. The number of hydrogen-bond donors (Lipinski definition) is 0. The van der Waals surface area contributed by atoms with E-state index in [-0.39, 0.29) is 0 Å². The molecule has 0 spiro atoms. The summed E-state index contributed by atoms with van der Waals surface area (Å²) in [5.41, 5.74) is 4.15. The van der Waals surface area contributed by atoms with Crippen molar-refractivity contribution in [2.45, 2.75) is 83.1 Å². The molecule has 0 saturated heterocycles. The van der Waals surface area contributed by atoms with Crippen LogP contribution in [0.3, 0.4) is 0 Å². The van der Waals surface area contributed by atoms with E-state index in [0.29, 0.717) is 11.3 Å². The Morgan fingerprint density at radius 1 is 0.472 bits per heavy atom. The summed E-state index contributed by atoms with van der Waals surface area (Å²) in [5.74, 6) is 8.33. The van der Waals surface area contributed by atoms with E-state index in [2.05, 4.69) is 143 Å². The summed E-state index contributed by atoms with van der Waals surface area (Å²) in [6.45, 7) is 25.9. The lowest BCUT2D eigenvalue weighted by atomic mass is 10.0. The molecule has 0 aromatic heterocycles. The van der Waals surface area contributed by atoms with E-state index in [4.69, 9.17) is 0 Å². The quantitative estimate of drug-likeness (QED) is 0.300. The maximum atomic E-state index is 3.11. The maximum Gasteiger partial charge on any atom is 0.0245 e. The highest BCUT2D eigenvalue weighted by atomic mass is 14.0. The van der Waals surface area contributed by atoms with Gasteiger partial charge >= 0.3 is 0 Å². The van der Waals surface area contributed by atoms with Crippen LogP contribution in [0.15, 0.2) is 91.0 Å². The first-order valence-corrected chi connectivity index (χ1v) is 13.4. The number of rotatable bonds is 1. The fourth-order valence-corrected chi connectivity index (χ4v) is 2.01. The van der Waals surface area contributed by atoms with Crippen LogP contribution < -0.4 is 0 Å². The van der Waals surface area contributed by atoms with Crippen molar-refractivity contribution in [3.8, 4) is 23.0 Å². The largest absolute Gasteiger partial charge is 0.0951 e. The second-order valence-corrected chi connectivity index (χ2v) is 12.0. The molecule has 0 amide bonds. The van der Waals surface area contributed by atoms with E-state index in [9.17, 15) is 0 Å². The molecule has 0 heterocycles. The van der Waals surface area contributed by atoms with Crippen molar-refractivity contribution in [1.29, 1.82) is 0 Å². The van der Waals surface area contributed by atoms with Gasteiger partial charge in [0.05, 0.1) is 0 Å². The van der Waals surface area contributed by atoms with Gasteiger partial charge in [-0.1, -0.05) is 174 Å². The Morgan fingerprint density at radius 2 is 0.722 bits per heavy atom. The maximum absolute atomic E-state index is 3.11. The lowest BCUT2D eigenvalue weighted by Crippen LogP contribution is -1.93. The van der Waals surface area contributed by atoms with Crippen LogP contribution in [0.4, 0.5) is 0 Å². The molecule has 0 nitrogen and oxygen atoms in total. The molecule has 3 aromatic carbocycles. The van der Waals surface area contributed by atoms with Gasteiger partial charge in [0.2, 0.25) is 0 Å². The van der Waals surface area contributed by atoms with Crippen LogP contribution in [-0.4, -0.2) is 0 Å². The molecule has 0 fully saturated rings. The zero-order valence-corrected chi connectivity index (χ0v) is 25.4. The van der Waals surface area contributed by atoms with Crippen molar-refractivity contribution >= 4 is 0 Å². The van der Waals surface area contributed by atoms with Crippen LogP contribution in [0.5, 0.6) is 0 Å². The third kappa shape index (κ3) is 31.2. The van der Waals surface area contributed by atoms with Crippen molar-refractivity contribution in [2.24, 2.45) is 23.2 Å². The standard InChI is InChI=1S/C12H10.C11H12.C5H12.2C4H10/c1-3-7-11(8-4-1)12-9-5-2-6-10-12;1-10(2)8-9-11-6-4-3-5-7-11;1-5(2,3)4;2*1-4(2)3/h1-10H;3-7,10H,1-2H3;1-4H3;2*4H,1-3H3. The first-order valence-electron chi connectivity index (χ1n) is 13.4. The van der Waals surface area contributed by atoms with Crippen LogP contribution in [0, 0.1) is 35.0 Å². The van der Waals surface area contributed by atoms with Gasteiger partial charge in [0, 0.05) is 11.5 Å². The highest BCUT2D eigenvalue weighted by Crippen LogP contribution is 2.17. The normalized spacial score (nSPS) is 9.64. The van der Waals surface area contributed by atoms with Gasteiger partial charge in [0.15, 0.2) is 0 Å². The first kappa shape index (κ1) is 35.4. The Labute approximate surface area is 225 Å². The molecular formula is C36H54. The lowest BCUT2D eigenvalue weighted by molar-refractivity contribution is 0.469. The monoisotopic (exact) mass is 486 g/mol. The summed E-state index contributed by atoms with van der Waals surface area (Å²) in [6, 6.07) is 30.8. The number of benzene rings is 3. The van der Waals surface area contributed by atoms with Crippen LogP contribution in [0.2, 0.25) is 0 Å². The molecule has 0 aliphatic carbocycles. The molecule has 3 rings (SSSR count). The van der Waals surface area contributed by atoms with Crippen LogP contribution in [-0.2, 0) is 0 Å². The van der Waals surface area contributed by atoms with Gasteiger partial charge < -0.3 is 0 Å². The summed E-state index contributed by atoms with van der Waals surface area (Å²) in [7, 11) is 0. The van der Waals surface area contributed by atoms with Gasteiger partial charge in [-0.15, -0.1) is 0 Å². The van der Waals surface area contributed by atoms with Crippen molar-refractivity contribution in [3.05, 3.63) is 96.6 Å². The Balaban J connectivity index is 0. The lowest BCUT2D eigenvalue weighted by Gasteiger charge is -2.05. The predicted molar refractivity (Wildman–Crippen MR) is 166 cm³/mol. The minimum atomic E-state index is 0.454. The van der Waals surface area contributed by atoms with Gasteiger partial charge in [-0.25, -0.2) is 0 Å². The second-order valence-electron chi connectivity index (χ2n) is 12.0. The summed E-state index contributed by atoms with van der Waals surface area (Å²) in [4.78, 5) is 0. The molecule has 0 saturated carbocycles. The summed E-state index contributed by atoms with van der Waals surface area (Å²) < 4.78 is 0. The topological polar surface area (TPSA) is 0 Å². The molecule has 0 bridgehead atoms. The molecule has 3 aromatic rings. The van der Waals surface area contributed by atoms with Gasteiger partial charge in [0.25, 0.3) is 0 Å². The molecule has 36 heavy (non-hydrogen) atoms. The Bertz CT molecular complexity index is 845. The highest BCUT2D eigenvalue weighted by Gasteiger charge is 1.95. The molecule has 0 aliphatic heterocycles. The van der Waals surface area contributed by atoms with Crippen LogP contribution in [0.1, 0.15) is 88.6 Å². The van der Waals surface area contributed by atoms with Crippen LogP contribution >= 0.6 is 0 Å². The van der Waals surface area contributed by atoms with E-state index in [0.717, 1.165) is 17.4 Å². The van der Waals surface area contributed by atoms with Crippen molar-refractivity contribution < 1.29 is 0 Å². The molecular weight excluding hydrogens is 432 g/mol. The Morgan fingerprint density at radius 3 is 0.972 bits per heavy atom. The van der Waals surface area contributed by atoms with E-state index in [1.807, 2.05) is 42.5 Å². The summed E-state index contributed by atoms with van der Waals surface area (Å²) in [6.07, 6.45) is 0. The minimum Gasteiger partial charge on any atom is -0.0951 e. The smallest absolute Gasteiger partial charge is 0.0245 e. The van der Waals surface area contributed by atoms with Crippen molar-refractivity contribution in [1.82, 2.24) is 0 Å². The fraction of sp³-hybridized carbons (Fsp3) is 0.444. The molecule has 0 heteroatoms. The molecule has 0 N–H and O–H groups in total. The van der Waals surface area contributed by atoms with E-state index in [1.165, 1.54) is 11.1 Å². The van der Waals surface area contributed by atoms with Gasteiger partial charge in [-0.3, -0.25) is 0 Å². The fourth-order valence-electron chi connectivity index (χ4n) is 2.01. The highest BCUT2D eigenvalue weighted by molar-refractivity contribution is 5.62. The summed E-state index contributed by atoms with van der Waals surface area (Å²) >= 11 is 0. The van der Waals surface area contributed by atoms with Crippen molar-refractivity contribution in [2.75, 3.05) is 0 Å². The van der Waals surface area contributed by atoms with Crippen LogP contribution in [0.25, 0.3) is 11.1 Å². The average molecular weight is 487 g/mol. The van der Waals surface area contributed by atoms with E-state index >= 15 is 0 Å².